The van der Waals surface area contributed by atoms with Crippen LogP contribution >= 0.6 is 22.9 Å². The van der Waals surface area contributed by atoms with Crippen molar-refractivity contribution in [1.29, 1.82) is 0 Å². The molecule has 3 N–H and O–H groups in total. The van der Waals surface area contributed by atoms with Gasteiger partial charge >= 0.3 is 0 Å². The van der Waals surface area contributed by atoms with Gasteiger partial charge in [-0.05, 0) is 12.3 Å². The standard InChI is InChI=1S/C11H9FIN5/c12-8-5-16-10(17-11(8)18-13)7-4-15-9-6(7)2-1-3-14-9/h1-5,9,14-15H,(H,16,17,18). The first kappa shape index (κ1) is 11.5. The van der Waals surface area contributed by atoms with Crippen LogP contribution in [0.2, 0.25) is 0 Å². The molecule has 0 radical (unpaired) electrons. The highest BCUT2D eigenvalue weighted by molar-refractivity contribution is 14.1. The lowest BCUT2D eigenvalue weighted by Crippen LogP contribution is -2.35. The number of dihydropyridines is 1. The van der Waals surface area contributed by atoms with Crippen LogP contribution in [0.5, 0.6) is 0 Å². The quantitative estimate of drug-likeness (QED) is 0.556. The number of hydrogen-bond acceptors (Lipinski definition) is 5. The molecule has 5 nitrogen and oxygen atoms in total. The predicted molar refractivity (Wildman–Crippen MR) is 74.9 cm³/mol. The van der Waals surface area contributed by atoms with Crippen molar-refractivity contribution in [3.8, 4) is 0 Å². The van der Waals surface area contributed by atoms with Crippen LogP contribution in [-0.4, -0.2) is 16.1 Å². The molecule has 1 unspecified atom stereocenters. The van der Waals surface area contributed by atoms with Crippen molar-refractivity contribution in [2.24, 2.45) is 0 Å². The van der Waals surface area contributed by atoms with Gasteiger partial charge in [-0.15, -0.1) is 0 Å². The van der Waals surface area contributed by atoms with Gasteiger partial charge in [0.1, 0.15) is 6.17 Å². The lowest BCUT2D eigenvalue weighted by molar-refractivity contribution is 0.619. The number of halogens is 2. The Morgan fingerprint density at radius 1 is 1.39 bits per heavy atom. The molecule has 1 aromatic heterocycles. The third-order valence-corrected chi connectivity index (χ3v) is 3.24. The number of rotatable bonds is 2. The van der Waals surface area contributed by atoms with Crippen molar-refractivity contribution >= 4 is 34.3 Å². The maximum absolute atomic E-state index is 13.3. The van der Waals surface area contributed by atoms with E-state index in [2.05, 4.69) is 24.1 Å². The molecule has 3 rings (SSSR count). The van der Waals surface area contributed by atoms with E-state index >= 15 is 0 Å². The van der Waals surface area contributed by atoms with Gasteiger partial charge in [-0.3, -0.25) is 0 Å². The van der Waals surface area contributed by atoms with Crippen molar-refractivity contribution < 1.29 is 4.39 Å². The highest BCUT2D eigenvalue weighted by Crippen LogP contribution is 2.28. The fourth-order valence-electron chi connectivity index (χ4n) is 1.88. The Hall–Kier alpha value is -1.64. The number of fused-ring (bicyclic) bond motifs is 1. The van der Waals surface area contributed by atoms with Crippen LogP contribution in [-0.2, 0) is 0 Å². The van der Waals surface area contributed by atoms with Crippen LogP contribution in [0, 0.1) is 5.82 Å². The Morgan fingerprint density at radius 3 is 3.11 bits per heavy atom. The second-order valence-electron chi connectivity index (χ2n) is 3.79. The lowest BCUT2D eigenvalue weighted by atomic mass is 10.0. The average Bonchev–Trinajstić information content (AvgIpc) is 2.83. The summed E-state index contributed by atoms with van der Waals surface area (Å²) in [5.41, 5.74) is 1.91. The Morgan fingerprint density at radius 2 is 2.28 bits per heavy atom. The van der Waals surface area contributed by atoms with Gasteiger partial charge in [0.25, 0.3) is 0 Å². The Labute approximate surface area is 117 Å². The number of nitrogens with one attached hydrogen (secondary N) is 3. The van der Waals surface area contributed by atoms with Crippen LogP contribution in [0.4, 0.5) is 10.2 Å². The van der Waals surface area contributed by atoms with Gasteiger partial charge in [0.2, 0.25) is 0 Å². The summed E-state index contributed by atoms with van der Waals surface area (Å²) in [5, 5.41) is 6.33. The molecule has 0 aromatic carbocycles. The summed E-state index contributed by atoms with van der Waals surface area (Å²) in [6.45, 7) is 0. The molecule has 0 saturated heterocycles. The van der Waals surface area contributed by atoms with E-state index in [0.717, 1.165) is 11.1 Å². The van der Waals surface area contributed by atoms with Crippen molar-refractivity contribution in [1.82, 2.24) is 20.6 Å². The van der Waals surface area contributed by atoms with E-state index in [1.165, 1.54) is 6.20 Å². The molecule has 0 aliphatic carbocycles. The fraction of sp³-hybridized carbons (Fsp3) is 0.0909. The van der Waals surface area contributed by atoms with Crippen LogP contribution in [0.1, 0.15) is 5.82 Å². The molecule has 7 heteroatoms. The first-order valence-electron chi connectivity index (χ1n) is 5.28. The monoisotopic (exact) mass is 357 g/mol. The van der Waals surface area contributed by atoms with Crippen molar-refractivity contribution in [2.45, 2.75) is 6.17 Å². The smallest absolute Gasteiger partial charge is 0.184 e. The molecule has 0 spiro atoms. The fourth-order valence-corrected chi connectivity index (χ4v) is 2.26. The zero-order chi connectivity index (χ0) is 12.5. The van der Waals surface area contributed by atoms with Crippen molar-refractivity contribution in [3.63, 3.8) is 0 Å². The zero-order valence-electron chi connectivity index (χ0n) is 9.11. The van der Waals surface area contributed by atoms with Crippen LogP contribution in [0.15, 0.2) is 36.3 Å². The van der Waals surface area contributed by atoms with Gasteiger partial charge in [-0.25, -0.2) is 14.4 Å². The van der Waals surface area contributed by atoms with E-state index in [9.17, 15) is 4.39 Å². The normalized spacial score (nSPS) is 20.4. The lowest BCUT2D eigenvalue weighted by Gasteiger charge is -2.17. The minimum absolute atomic E-state index is 0.0367. The summed E-state index contributed by atoms with van der Waals surface area (Å²) >= 11 is 1.84. The maximum Gasteiger partial charge on any atom is 0.184 e. The molecule has 0 bridgehead atoms. The summed E-state index contributed by atoms with van der Waals surface area (Å²) in [4.78, 5) is 8.19. The Balaban J connectivity index is 2.00. The zero-order valence-corrected chi connectivity index (χ0v) is 11.3. The van der Waals surface area contributed by atoms with Crippen LogP contribution < -0.4 is 14.2 Å². The minimum Gasteiger partial charge on any atom is -0.368 e. The van der Waals surface area contributed by atoms with E-state index in [0.29, 0.717) is 5.82 Å². The summed E-state index contributed by atoms with van der Waals surface area (Å²) < 4.78 is 16.0. The summed E-state index contributed by atoms with van der Waals surface area (Å²) in [5.74, 6) is 0.214. The topological polar surface area (TPSA) is 61.9 Å². The summed E-state index contributed by atoms with van der Waals surface area (Å²) in [7, 11) is 0. The van der Waals surface area contributed by atoms with Crippen LogP contribution in [0.3, 0.4) is 0 Å². The molecular weight excluding hydrogens is 348 g/mol. The SMILES string of the molecule is Fc1cnc(C2=CNC3NC=CC=C23)nc1NI. The number of aromatic nitrogens is 2. The van der Waals surface area contributed by atoms with E-state index in [1.807, 2.05) is 47.4 Å². The predicted octanol–water partition coefficient (Wildman–Crippen LogP) is 1.69. The third kappa shape index (κ3) is 1.84. The van der Waals surface area contributed by atoms with Crippen LogP contribution in [0.25, 0.3) is 5.57 Å². The van der Waals surface area contributed by atoms with Gasteiger partial charge in [0, 0.05) is 17.3 Å². The van der Waals surface area contributed by atoms with Crippen molar-refractivity contribution in [3.05, 3.63) is 48.0 Å². The van der Waals surface area contributed by atoms with Gasteiger partial charge in [-0.2, -0.15) is 0 Å². The molecule has 1 atom stereocenters. The van der Waals surface area contributed by atoms with E-state index in [4.69, 9.17) is 0 Å². The summed E-state index contributed by atoms with van der Waals surface area (Å²) in [6.07, 6.45) is 8.80. The molecule has 0 fully saturated rings. The van der Waals surface area contributed by atoms with Gasteiger partial charge in [0.05, 0.1) is 29.1 Å². The second-order valence-corrected chi connectivity index (χ2v) is 4.33. The molecule has 92 valence electrons. The largest absolute Gasteiger partial charge is 0.368 e. The number of allylic oxidation sites excluding steroid dienone is 2. The van der Waals surface area contributed by atoms with E-state index in [-0.39, 0.29) is 12.0 Å². The van der Waals surface area contributed by atoms with Crippen molar-refractivity contribution in [2.75, 3.05) is 3.53 Å². The molecule has 2 aliphatic rings. The molecule has 2 aliphatic heterocycles. The third-order valence-electron chi connectivity index (χ3n) is 2.73. The van der Waals surface area contributed by atoms with E-state index < -0.39 is 5.82 Å². The maximum atomic E-state index is 13.3. The number of anilines is 1. The summed E-state index contributed by atoms with van der Waals surface area (Å²) in [6, 6.07) is 0. The highest BCUT2D eigenvalue weighted by Gasteiger charge is 2.26. The molecular formula is C11H9FIN5. The van der Waals surface area contributed by atoms with Gasteiger partial charge in [0.15, 0.2) is 17.5 Å². The number of nitrogens with zero attached hydrogens (tertiary/aromatic N) is 2. The average molecular weight is 357 g/mol. The van der Waals surface area contributed by atoms with Gasteiger partial charge < -0.3 is 14.2 Å². The molecule has 0 amide bonds. The van der Waals surface area contributed by atoms with E-state index in [1.54, 1.807) is 0 Å². The Bertz CT molecular complexity index is 581. The molecule has 3 heterocycles. The minimum atomic E-state index is -0.466. The highest BCUT2D eigenvalue weighted by atomic mass is 127. The second kappa shape index (κ2) is 4.56. The first-order chi connectivity index (χ1) is 8.79. The van der Waals surface area contributed by atoms with Gasteiger partial charge in [-0.1, -0.05) is 6.08 Å². The Kier molecular flexibility index (Phi) is 2.90. The molecule has 1 aromatic rings. The number of hydrogen-bond donors (Lipinski definition) is 3. The molecule has 18 heavy (non-hydrogen) atoms. The molecule has 0 saturated carbocycles. The first-order valence-corrected chi connectivity index (χ1v) is 6.36.